The number of amides is 4. The van der Waals surface area contributed by atoms with Crippen LogP contribution in [-0.2, 0) is 29.2 Å². The second-order valence-electron chi connectivity index (χ2n) is 10.4. The Morgan fingerprint density at radius 2 is 1.87 bits per heavy atom. The van der Waals surface area contributed by atoms with E-state index in [1.54, 1.807) is 12.1 Å². The topological polar surface area (TPSA) is 99.3 Å². The number of carbonyl (C=O) groups is 4. The lowest BCUT2D eigenvalue weighted by Gasteiger charge is -2.41. The molecule has 11 heteroatoms. The Balaban J connectivity index is 1.13. The summed E-state index contributed by atoms with van der Waals surface area (Å²) in [5.41, 5.74) is 3.14. The van der Waals surface area contributed by atoms with Gasteiger partial charge >= 0.3 is 0 Å². The standard InChI is InChI=1S/C27H26ClFN4O5/c1-38-24-19-13-32(10-14-8-31(9-14)11-15-2-3-17(29)7-20(15)28)12-16(19)6-18-23(24)27(37)33(26(18)36)21-4-5-22(34)30-25(21)35/h2-3,6-7,14,21H,4-5,8-13H2,1H3,(H,30,34,35). The molecule has 4 heterocycles. The molecule has 4 aliphatic rings. The number of methoxy groups -OCH3 is 1. The number of imide groups is 2. The van der Waals surface area contributed by atoms with E-state index in [0.717, 1.165) is 41.2 Å². The third-order valence-electron chi connectivity index (χ3n) is 7.82. The first kappa shape index (κ1) is 25.0. The highest BCUT2D eigenvalue weighted by atomic mass is 35.5. The van der Waals surface area contributed by atoms with E-state index < -0.39 is 29.7 Å². The molecule has 1 atom stereocenters. The molecule has 0 bridgehead atoms. The highest BCUT2D eigenvalue weighted by Gasteiger charge is 2.47. The summed E-state index contributed by atoms with van der Waals surface area (Å²) in [5.74, 6) is -1.65. The van der Waals surface area contributed by atoms with Crippen LogP contribution in [0.2, 0.25) is 5.02 Å². The van der Waals surface area contributed by atoms with Crippen molar-refractivity contribution in [3.8, 4) is 5.75 Å². The van der Waals surface area contributed by atoms with Crippen LogP contribution in [0, 0.1) is 11.7 Å². The molecule has 4 amide bonds. The van der Waals surface area contributed by atoms with Crippen LogP contribution < -0.4 is 10.1 Å². The molecule has 0 saturated carbocycles. The summed E-state index contributed by atoms with van der Waals surface area (Å²) in [6, 6.07) is 5.22. The third-order valence-corrected chi connectivity index (χ3v) is 8.17. The van der Waals surface area contributed by atoms with E-state index >= 15 is 0 Å². The number of piperidine rings is 1. The van der Waals surface area contributed by atoms with Gasteiger partial charge in [0.1, 0.15) is 17.6 Å². The molecular formula is C27H26ClFN4O5. The fourth-order valence-electron chi connectivity index (χ4n) is 6.05. The third kappa shape index (κ3) is 4.16. The molecule has 0 aromatic heterocycles. The predicted molar refractivity (Wildman–Crippen MR) is 134 cm³/mol. The normalized spacial score (nSPS) is 22.0. The van der Waals surface area contributed by atoms with Crippen LogP contribution in [0.15, 0.2) is 24.3 Å². The van der Waals surface area contributed by atoms with Crippen molar-refractivity contribution in [2.24, 2.45) is 5.92 Å². The number of nitrogens with zero attached hydrogens (tertiary/aromatic N) is 3. The molecule has 2 aromatic rings. The van der Waals surface area contributed by atoms with Crippen molar-refractivity contribution in [1.29, 1.82) is 0 Å². The van der Waals surface area contributed by atoms with Gasteiger partial charge in [-0.05, 0) is 41.7 Å². The minimum absolute atomic E-state index is 0.0714. The summed E-state index contributed by atoms with van der Waals surface area (Å²) in [6.45, 7) is 4.52. The molecular weight excluding hydrogens is 515 g/mol. The van der Waals surface area contributed by atoms with Crippen LogP contribution >= 0.6 is 11.6 Å². The molecule has 38 heavy (non-hydrogen) atoms. The van der Waals surface area contributed by atoms with Crippen LogP contribution in [0.25, 0.3) is 0 Å². The first-order valence-electron chi connectivity index (χ1n) is 12.6. The van der Waals surface area contributed by atoms with Crippen LogP contribution in [0.4, 0.5) is 4.39 Å². The van der Waals surface area contributed by atoms with E-state index in [9.17, 15) is 23.6 Å². The highest BCUT2D eigenvalue weighted by molar-refractivity contribution is 6.31. The van der Waals surface area contributed by atoms with Crippen molar-refractivity contribution in [3.63, 3.8) is 0 Å². The second kappa shape index (κ2) is 9.44. The van der Waals surface area contributed by atoms with Gasteiger partial charge in [0.05, 0.1) is 18.2 Å². The number of fused-ring (bicyclic) bond motifs is 2. The van der Waals surface area contributed by atoms with Gasteiger partial charge in [0.25, 0.3) is 11.8 Å². The first-order valence-corrected chi connectivity index (χ1v) is 12.9. The second-order valence-corrected chi connectivity index (χ2v) is 10.8. The summed E-state index contributed by atoms with van der Waals surface area (Å²) in [7, 11) is 1.48. The van der Waals surface area contributed by atoms with Crippen LogP contribution in [-0.4, -0.2) is 71.1 Å². The zero-order valence-electron chi connectivity index (χ0n) is 20.8. The lowest BCUT2D eigenvalue weighted by Crippen LogP contribution is -2.54. The van der Waals surface area contributed by atoms with Gasteiger partial charge in [0.15, 0.2) is 0 Å². The van der Waals surface area contributed by atoms with Gasteiger partial charge < -0.3 is 4.74 Å². The molecule has 2 fully saturated rings. The maximum Gasteiger partial charge on any atom is 0.266 e. The van der Waals surface area contributed by atoms with Gasteiger partial charge in [-0.2, -0.15) is 0 Å². The number of benzene rings is 2. The molecule has 198 valence electrons. The smallest absolute Gasteiger partial charge is 0.266 e. The Hall–Kier alpha value is -3.34. The van der Waals surface area contributed by atoms with E-state index in [1.165, 1.54) is 19.2 Å². The van der Waals surface area contributed by atoms with Gasteiger partial charge in [0, 0.05) is 56.3 Å². The van der Waals surface area contributed by atoms with Crippen molar-refractivity contribution in [3.05, 3.63) is 62.9 Å². The van der Waals surface area contributed by atoms with Crippen LogP contribution in [0.5, 0.6) is 5.75 Å². The molecule has 0 spiro atoms. The molecule has 2 saturated heterocycles. The molecule has 6 rings (SSSR count). The molecule has 0 radical (unpaired) electrons. The van der Waals surface area contributed by atoms with Gasteiger partial charge in [-0.3, -0.25) is 39.2 Å². The number of carbonyl (C=O) groups excluding carboxylic acids is 4. The molecule has 9 nitrogen and oxygen atoms in total. The van der Waals surface area contributed by atoms with E-state index in [0.29, 0.717) is 36.3 Å². The largest absolute Gasteiger partial charge is 0.496 e. The molecule has 1 N–H and O–H groups in total. The maximum atomic E-state index is 13.4. The molecule has 0 aliphatic carbocycles. The maximum absolute atomic E-state index is 13.4. The van der Waals surface area contributed by atoms with Crippen molar-refractivity contribution in [1.82, 2.24) is 20.0 Å². The SMILES string of the molecule is COc1c2c(cc3c1C(=O)N(C1CCC(=O)NC1=O)C3=O)CN(CC1CN(Cc3ccc(F)cc3Cl)C1)C2. The lowest BCUT2D eigenvalue weighted by atomic mass is 9.98. The van der Waals surface area contributed by atoms with E-state index in [-0.39, 0.29) is 29.8 Å². The fourth-order valence-corrected chi connectivity index (χ4v) is 6.28. The number of likely N-dealkylation sites (tertiary alicyclic amines) is 1. The van der Waals surface area contributed by atoms with E-state index in [1.807, 2.05) is 0 Å². The minimum Gasteiger partial charge on any atom is -0.496 e. The zero-order chi connectivity index (χ0) is 26.7. The summed E-state index contributed by atoms with van der Waals surface area (Å²) < 4.78 is 19.0. The van der Waals surface area contributed by atoms with Gasteiger partial charge in [-0.15, -0.1) is 0 Å². The quantitative estimate of drug-likeness (QED) is 0.561. The van der Waals surface area contributed by atoms with Crippen molar-refractivity contribution >= 4 is 35.2 Å². The van der Waals surface area contributed by atoms with E-state index in [4.69, 9.17) is 16.3 Å². The van der Waals surface area contributed by atoms with Crippen LogP contribution in [0.1, 0.15) is 50.2 Å². The monoisotopic (exact) mass is 540 g/mol. The van der Waals surface area contributed by atoms with Crippen molar-refractivity contribution < 1.29 is 28.3 Å². The highest BCUT2D eigenvalue weighted by Crippen LogP contribution is 2.41. The van der Waals surface area contributed by atoms with E-state index in [2.05, 4.69) is 15.1 Å². The Labute approximate surface area is 223 Å². The Bertz CT molecular complexity index is 1390. The van der Waals surface area contributed by atoms with Gasteiger partial charge in [0.2, 0.25) is 11.8 Å². The molecule has 2 aromatic carbocycles. The summed E-state index contributed by atoms with van der Waals surface area (Å²) >= 11 is 6.17. The van der Waals surface area contributed by atoms with Gasteiger partial charge in [-0.1, -0.05) is 17.7 Å². The van der Waals surface area contributed by atoms with Gasteiger partial charge in [-0.25, -0.2) is 4.39 Å². The molecule has 4 aliphatic heterocycles. The molecule has 1 unspecified atom stereocenters. The average Bonchev–Trinajstić information content (AvgIpc) is 3.36. The average molecular weight is 541 g/mol. The Morgan fingerprint density at radius 1 is 1.08 bits per heavy atom. The minimum atomic E-state index is -1.01. The van der Waals surface area contributed by atoms with Crippen LogP contribution in [0.3, 0.4) is 0 Å². The number of ether oxygens (including phenoxy) is 1. The number of rotatable bonds is 6. The summed E-state index contributed by atoms with van der Waals surface area (Å²) in [6.07, 6.45) is 0.180. The van der Waals surface area contributed by atoms with Crippen molar-refractivity contribution in [2.45, 2.75) is 38.5 Å². The fraction of sp³-hybridized carbons (Fsp3) is 0.407. The first-order chi connectivity index (χ1) is 18.2. The number of hydrogen-bond donors (Lipinski definition) is 1. The van der Waals surface area contributed by atoms with Crippen molar-refractivity contribution in [2.75, 3.05) is 26.7 Å². The summed E-state index contributed by atoms with van der Waals surface area (Å²) in [5, 5.41) is 2.65. The number of nitrogens with one attached hydrogen (secondary N) is 1. The lowest BCUT2D eigenvalue weighted by molar-refractivity contribution is -0.136. The predicted octanol–water partition coefficient (Wildman–Crippen LogP) is 2.34. The Kier molecular flexibility index (Phi) is 6.20. The number of hydrogen-bond acceptors (Lipinski definition) is 7. The Morgan fingerprint density at radius 3 is 2.58 bits per heavy atom. The number of halogens is 2. The zero-order valence-corrected chi connectivity index (χ0v) is 21.5. The summed E-state index contributed by atoms with van der Waals surface area (Å²) in [4.78, 5) is 56.1.